The molecule has 0 bridgehead atoms. The summed E-state index contributed by atoms with van der Waals surface area (Å²) in [7, 11) is 0. The molecule has 3 rings (SSSR count). The fraction of sp³-hybridized carbons (Fsp3) is 0.250. The normalized spacial score (nSPS) is 15.2. The molecule has 0 radical (unpaired) electrons. The van der Waals surface area contributed by atoms with Gasteiger partial charge in [0.25, 0.3) is 11.6 Å². The lowest BCUT2D eigenvalue weighted by Crippen LogP contribution is -2.48. The molecule has 1 fully saturated rings. The van der Waals surface area contributed by atoms with Crippen LogP contribution in [0.2, 0.25) is 5.02 Å². The van der Waals surface area contributed by atoms with Crippen molar-refractivity contribution < 1.29 is 9.72 Å². The molecule has 2 aromatic rings. The molecule has 2 aromatic carbocycles. The van der Waals surface area contributed by atoms with Gasteiger partial charge >= 0.3 is 0 Å². The van der Waals surface area contributed by atoms with Gasteiger partial charge in [0.2, 0.25) is 0 Å². The van der Waals surface area contributed by atoms with Crippen LogP contribution in [0.3, 0.4) is 0 Å². The van der Waals surface area contributed by atoms with Gasteiger partial charge in [0.15, 0.2) is 0 Å². The van der Waals surface area contributed by atoms with E-state index in [0.29, 0.717) is 18.7 Å². The number of carbonyl (C=O) groups is 1. The minimum atomic E-state index is -0.573. The number of halogens is 1. The van der Waals surface area contributed by atoms with E-state index in [-0.39, 0.29) is 16.6 Å². The van der Waals surface area contributed by atoms with Crippen LogP contribution in [-0.2, 0) is 0 Å². The Hall–Kier alpha value is -2.70. The van der Waals surface area contributed by atoms with Crippen LogP contribution in [0.25, 0.3) is 6.08 Å². The van der Waals surface area contributed by atoms with Crippen molar-refractivity contribution >= 4 is 29.3 Å². The maximum absolute atomic E-state index is 12.6. The van der Waals surface area contributed by atoms with Crippen LogP contribution < -0.4 is 0 Å². The molecule has 1 aliphatic heterocycles. The second kappa shape index (κ2) is 8.79. The maximum Gasteiger partial charge on any atom is 0.288 e. The summed E-state index contributed by atoms with van der Waals surface area (Å²) in [5.41, 5.74) is 1.21. The van der Waals surface area contributed by atoms with E-state index in [2.05, 4.69) is 29.2 Å². The van der Waals surface area contributed by atoms with Crippen molar-refractivity contribution in [1.82, 2.24) is 9.80 Å². The summed E-state index contributed by atoms with van der Waals surface area (Å²) < 4.78 is 0. The topological polar surface area (TPSA) is 66.7 Å². The highest BCUT2D eigenvalue weighted by Crippen LogP contribution is 2.25. The van der Waals surface area contributed by atoms with Gasteiger partial charge in [-0.3, -0.25) is 19.8 Å². The van der Waals surface area contributed by atoms with Gasteiger partial charge in [0, 0.05) is 44.4 Å². The second-order valence-corrected chi connectivity index (χ2v) is 6.74. The Bertz CT molecular complexity index is 847. The summed E-state index contributed by atoms with van der Waals surface area (Å²) in [6.45, 7) is 3.54. The van der Waals surface area contributed by atoms with Crippen LogP contribution in [0.15, 0.2) is 54.6 Å². The zero-order valence-electron chi connectivity index (χ0n) is 14.8. The lowest BCUT2D eigenvalue weighted by Gasteiger charge is -2.34. The number of nitro benzene ring substituents is 1. The van der Waals surface area contributed by atoms with E-state index in [9.17, 15) is 14.9 Å². The van der Waals surface area contributed by atoms with Gasteiger partial charge in [-0.15, -0.1) is 0 Å². The van der Waals surface area contributed by atoms with E-state index in [4.69, 9.17) is 11.6 Å². The number of nitrogens with zero attached hydrogens (tertiary/aromatic N) is 3. The summed E-state index contributed by atoms with van der Waals surface area (Å²) >= 11 is 5.81. The van der Waals surface area contributed by atoms with Crippen molar-refractivity contribution in [1.29, 1.82) is 0 Å². The highest BCUT2D eigenvalue weighted by molar-refractivity contribution is 6.32. The van der Waals surface area contributed by atoms with Gasteiger partial charge in [-0.05, 0) is 17.7 Å². The molecule has 1 amide bonds. The van der Waals surface area contributed by atoms with Crippen LogP contribution in [0.4, 0.5) is 5.69 Å². The highest BCUT2D eigenvalue weighted by atomic mass is 35.5. The summed E-state index contributed by atoms with van der Waals surface area (Å²) in [6.07, 6.45) is 4.21. The predicted octanol–water partition coefficient (Wildman–Crippen LogP) is 3.72. The van der Waals surface area contributed by atoms with E-state index >= 15 is 0 Å². The number of carbonyl (C=O) groups excluding carboxylic acids is 1. The van der Waals surface area contributed by atoms with Gasteiger partial charge < -0.3 is 4.90 Å². The largest absolute Gasteiger partial charge is 0.336 e. The SMILES string of the molecule is O=C(c1ccc(Cl)c([N+](=O)[O-])c1)N1CCN(C/C=C/c2ccccc2)CC1. The Morgan fingerprint density at radius 3 is 2.48 bits per heavy atom. The fourth-order valence-electron chi connectivity index (χ4n) is 3.00. The van der Waals surface area contributed by atoms with Crippen LogP contribution in [0.1, 0.15) is 15.9 Å². The summed E-state index contributed by atoms with van der Waals surface area (Å²) in [4.78, 5) is 27.0. The smallest absolute Gasteiger partial charge is 0.288 e. The van der Waals surface area contributed by atoms with Crippen molar-refractivity contribution in [2.75, 3.05) is 32.7 Å². The number of amides is 1. The van der Waals surface area contributed by atoms with Gasteiger partial charge in [-0.25, -0.2) is 0 Å². The lowest BCUT2D eigenvalue weighted by molar-refractivity contribution is -0.384. The summed E-state index contributed by atoms with van der Waals surface area (Å²) in [5.74, 6) is -0.200. The van der Waals surface area contributed by atoms with E-state index in [1.54, 1.807) is 4.90 Å². The van der Waals surface area contributed by atoms with Crippen molar-refractivity contribution in [3.63, 3.8) is 0 Å². The van der Waals surface area contributed by atoms with Crippen LogP contribution in [0, 0.1) is 10.1 Å². The molecule has 6 nitrogen and oxygen atoms in total. The lowest BCUT2D eigenvalue weighted by atomic mass is 10.1. The first kappa shape index (κ1) is 19.1. The quantitative estimate of drug-likeness (QED) is 0.581. The second-order valence-electron chi connectivity index (χ2n) is 6.33. The average Bonchev–Trinajstić information content (AvgIpc) is 2.69. The molecule has 0 saturated carbocycles. The fourth-order valence-corrected chi connectivity index (χ4v) is 3.19. The Balaban J connectivity index is 1.54. The number of rotatable bonds is 5. The van der Waals surface area contributed by atoms with E-state index in [0.717, 1.165) is 25.2 Å². The number of piperazine rings is 1. The van der Waals surface area contributed by atoms with Gasteiger partial charge in [0.05, 0.1) is 4.92 Å². The standard InChI is InChI=1S/C20H20ClN3O3/c21-18-9-8-17(15-19(18)24(26)27)20(25)23-13-11-22(12-14-23)10-4-7-16-5-2-1-3-6-16/h1-9,15H,10-14H2/b7-4+. The van der Waals surface area contributed by atoms with Crippen LogP contribution in [-0.4, -0.2) is 53.4 Å². The first-order chi connectivity index (χ1) is 13.0. The highest BCUT2D eigenvalue weighted by Gasteiger charge is 2.23. The van der Waals surface area contributed by atoms with Crippen molar-refractivity contribution in [3.8, 4) is 0 Å². The van der Waals surface area contributed by atoms with Crippen LogP contribution in [0.5, 0.6) is 0 Å². The Morgan fingerprint density at radius 2 is 1.81 bits per heavy atom. The third-order valence-corrected chi connectivity index (χ3v) is 4.84. The molecular weight excluding hydrogens is 366 g/mol. The molecule has 0 N–H and O–H groups in total. The Morgan fingerprint density at radius 1 is 1.11 bits per heavy atom. The molecule has 0 spiro atoms. The number of benzene rings is 2. The molecule has 27 heavy (non-hydrogen) atoms. The third kappa shape index (κ3) is 4.93. The van der Waals surface area contributed by atoms with E-state index < -0.39 is 4.92 Å². The molecule has 0 aliphatic carbocycles. The molecule has 0 atom stereocenters. The molecule has 140 valence electrons. The molecule has 1 saturated heterocycles. The van der Waals surface area contributed by atoms with Gasteiger partial charge in [-0.1, -0.05) is 54.1 Å². The van der Waals surface area contributed by atoms with Crippen LogP contribution >= 0.6 is 11.6 Å². The van der Waals surface area contributed by atoms with E-state index in [1.165, 1.54) is 18.2 Å². The van der Waals surface area contributed by atoms with E-state index in [1.807, 2.05) is 18.2 Å². The van der Waals surface area contributed by atoms with Gasteiger partial charge in [-0.2, -0.15) is 0 Å². The molecule has 0 unspecified atom stereocenters. The molecular formula is C20H20ClN3O3. The predicted molar refractivity (Wildman–Crippen MR) is 106 cm³/mol. The minimum absolute atomic E-state index is 0.0339. The third-order valence-electron chi connectivity index (χ3n) is 4.52. The minimum Gasteiger partial charge on any atom is -0.336 e. The zero-order chi connectivity index (χ0) is 19.2. The summed E-state index contributed by atoms with van der Waals surface area (Å²) in [6, 6.07) is 14.3. The first-order valence-electron chi connectivity index (χ1n) is 8.72. The Labute approximate surface area is 162 Å². The van der Waals surface area contributed by atoms with Gasteiger partial charge in [0.1, 0.15) is 5.02 Å². The first-order valence-corrected chi connectivity index (χ1v) is 9.09. The monoisotopic (exact) mass is 385 g/mol. The molecule has 1 aliphatic rings. The maximum atomic E-state index is 12.6. The number of hydrogen-bond donors (Lipinski definition) is 0. The van der Waals surface area contributed by atoms with Crippen molar-refractivity contribution in [3.05, 3.63) is 80.9 Å². The summed E-state index contributed by atoms with van der Waals surface area (Å²) in [5, 5.41) is 11.0. The number of nitro groups is 1. The number of hydrogen-bond acceptors (Lipinski definition) is 4. The zero-order valence-corrected chi connectivity index (χ0v) is 15.5. The Kier molecular flexibility index (Phi) is 6.21. The van der Waals surface area contributed by atoms with Crippen molar-refractivity contribution in [2.45, 2.75) is 0 Å². The molecule has 0 aromatic heterocycles. The molecule has 1 heterocycles. The molecule has 7 heteroatoms. The average molecular weight is 386 g/mol. The van der Waals surface area contributed by atoms with Crippen molar-refractivity contribution in [2.24, 2.45) is 0 Å².